The minimum absolute atomic E-state index is 0.861. The van der Waals surface area contributed by atoms with Crippen molar-refractivity contribution in [2.45, 2.75) is 0 Å². The molecule has 0 heterocycles. The molecule has 0 bridgehead atoms. The monoisotopic (exact) mass is 225 g/mol. The first kappa shape index (κ1) is 11.3. The highest BCUT2D eigenvalue weighted by Gasteiger charge is 1.96. The van der Waals surface area contributed by atoms with Gasteiger partial charge in [-0.05, 0) is 30.3 Å². The molecule has 3 nitrogen and oxygen atoms in total. The molecule has 2 rings (SSSR count). The van der Waals surface area contributed by atoms with Crippen molar-refractivity contribution >= 4 is 17.1 Å². The summed E-state index contributed by atoms with van der Waals surface area (Å²) >= 11 is 0. The topological polar surface area (TPSA) is 28.0 Å². The predicted octanol–water partition coefficient (Wildman–Crippen LogP) is 4.17. The lowest BCUT2D eigenvalue weighted by Gasteiger charge is -2.11. The number of anilines is 1. The maximum Gasteiger partial charge on any atom is 0.0877 e. The van der Waals surface area contributed by atoms with Crippen molar-refractivity contribution in [3.05, 3.63) is 54.6 Å². The molecule has 0 aliphatic carbocycles. The summed E-state index contributed by atoms with van der Waals surface area (Å²) in [7, 11) is 4.01. The fourth-order valence-corrected chi connectivity index (χ4v) is 1.44. The Kier molecular flexibility index (Phi) is 3.50. The third-order valence-electron chi connectivity index (χ3n) is 2.38. The van der Waals surface area contributed by atoms with Crippen LogP contribution in [-0.4, -0.2) is 14.1 Å². The molecule has 0 N–H and O–H groups in total. The van der Waals surface area contributed by atoms with Crippen molar-refractivity contribution < 1.29 is 0 Å². The van der Waals surface area contributed by atoms with Gasteiger partial charge in [0.15, 0.2) is 0 Å². The second kappa shape index (κ2) is 5.25. The number of hydrogen-bond donors (Lipinski definition) is 0. The first-order valence-electron chi connectivity index (χ1n) is 5.50. The SMILES string of the molecule is CN(C)c1cccc(N=Nc2ccccc2)c1. The first-order chi connectivity index (χ1) is 8.25. The van der Waals surface area contributed by atoms with Gasteiger partial charge in [0.1, 0.15) is 0 Å². The Morgan fingerprint density at radius 1 is 0.765 bits per heavy atom. The summed E-state index contributed by atoms with van der Waals surface area (Å²) in [5.41, 5.74) is 2.84. The maximum atomic E-state index is 4.22. The van der Waals surface area contributed by atoms with Gasteiger partial charge >= 0.3 is 0 Å². The van der Waals surface area contributed by atoms with Crippen LogP contribution in [0.1, 0.15) is 0 Å². The van der Waals surface area contributed by atoms with Gasteiger partial charge in [-0.25, -0.2) is 0 Å². The molecule has 0 amide bonds. The van der Waals surface area contributed by atoms with E-state index in [2.05, 4.69) is 10.2 Å². The fourth-order valence-electron chi connectivity index (χ4n) is 1.44. The zero-order valence-corrected chi connectivity index (χ0v) is 10.0. The van der Waals surface area contributed by atoms with E-state index in [1.807, 2.05) is 73.6 Å². The van der Waals surface area contributed by atoms with Crippen molar-refractivity contribution in [3.63, 3.8) is 0 Å². The van der Waals surface area contributed by atoms with E-state index in [0.29, 0.717) is 0 Å². The molecule has 3 heteroatoms. The van der Waals surface area contributed by atoms with Crippen molar-refractivity contribution in [2.24, 2.45) is 10.2 Å². The van der Waals surface area contributed by atoms with E-state index in [4.69, 9.17) is 0 Å². The Balaban J connectivity index is 2.19. The van der Waals surface area contributed by atoms with Crippen LogP contribution in [0.2, 0.25) is 0 Å². The molecule has 17 heavy (non-hydrogen) atoms. The summed E-state index contributed by atoms with van der Waals surface area (Å²) in [6.07, 6.45) is 0. The molecular formula is C14H15N3. The molecular weight excluding hydrogens is 210 g/mol. The van der Waals surface area contributed by atoms with E-state index < -0.39 is 0 Å². The van der Waals surface area contributed by atoms with Gasteiger partial charge in [0.25, 0.3) is 0 Å². The minimum atomic E-state index is 0.861. The van der Waals surface area contributed by atoms with Crippen LogP contribution in [-0.2, 0) is 0 Å². The summed E-state index contributed by atoms with van der Waals surface area (Å²) in [5.74, 6) is 0. The summed E-state index contributed by atoms with van der Waals surface area (Å²) in [4.78, 5) is 2.04. The molecule has 0 saturated heterocycles. The van der Waals surface area contributed by atoms with Crippen molar-refractivity contribution in [1.82, 2.24) is 0 Å². The van der Waals surface area contributed by atoms with Crippen LogP contribution >= 0.6 is 0 Å². The minimum Gasteiger partial charge on any atom is -0.378 e. The summed E-state index contributed by atoms with van der Waals surface area (Å²) < 4.78 is 0. The van der Waals surface area contributed by atoms with E-state index in [0.717, 1.165) is 17.1 Å². The zero-order valence-electron chi connectivity index (χ0n) is 10.0. The van der Waals surface area contributed by atoms with Gasteiger partial charge < -0.3 is 4.90 Å². The summed E-state index contributed by atoms with van der Waals surface area (Å²) in [6, 6.07) is 17.7. The lowest BCUT2D eigenvalue weighted by Crippen LogP contribution is -2.07. The Hall–Kier alpha value is -2.16. The predicted molar refractivity (Wildman–Crippen MR) is 71.4 cm³/mol. The Labute approximate surface area is 101 Å². The highest BCUT2D eigenvalue weighted by atomic mass is 15.1. The van der Waals surface area contributed by atoms with Crippen LogP contribution < -0.4 is 4.90 Å². The molecule has 0 atom stereocenters. The maximum absolute atomic E-state index is 4.22. The molecule has 0 unspecified atom stereocenters. The van der Waals surface area contributed by atoms with Crippen LogP contribution in [0, 0.1) is 0 Å². The molecule has 2 aromatic carbocycles. The van der Waals surface area contributed by atoms with Gasteiger partial charge in [-0.1, -0.05) is 24.3 Å². The van der Waals surface area contributed by atoms with E-state index in [1.165, 1.54) is 0 Å². The van der Waals surface area contributed by atoms with E-state index in [1.54, 1.807) is 0 Å². The molecule has 0 fully saturated rings. The van der Waals surface area contributed by atoms with Gasteiger partial charge in [0, 0.05) is 19.8 Å². The third-order valence-corrected chi connectivity index (χ3v) is 2.38. The zero-order chi connectivity index (χ0) is 12.1. The van der Waals surface area contributed by atoms with Crippen molar-refractivity contribution in [1.29, 1.82) is 0 Å². The van der Waals surface area contributed by atoms with Crippen LogP contribution in [0.3, 0.4) is 0 Å². The van der Waals surface area contributed by atoms with Gasteiger partial charge in [-0.15, -0.1) is 0 Å². The summed E-state index contributed by atoms with van der Waals surface area (Å²) in [5, 5.41) is 8.40. The largest absolute Gasteiger partial charge is 0.378 e. The number of azo groups is 1. The second-order valence-corrected chi connectivity index (χ2v) is 3.95. The smallest absolute Gasteiger partial charge is 0.0877 e. The summed E-state index contributed by atoms with van der Waals surface area (Å²) in [6.45, 7) is 0. The first-order valence-corrected chi connectivity index (χ1v) is 5.50. The van der Waals surface area contributed by atoms with Crippen LogP contribution in [0.15, 0.2) is 64.8 Å². The number of nitrogens with zero attached hydrogens (tertiary/aromatic N) is 3. The quantitative estimate of drug-likeness (QED) is 0.720. The van der Waals surface area contributed by atoms with Gasteiger partial charge in [-0.3, -0.25) is 0 Å². The Bertz CT molecular complexity index is 504. The normalized spacial score (nSPS) is 10.7. The Morgan fingerprint density at radius 2 is 1.41 bits per heavy atom. The fraction of sp³-hybridized carbons (Fsp3) is 0.143. The Morgan fingerprint density at radius 3 is 2.12 bits per heavy atom. The van der Waals surface area contributed by atoms with Crippen LogP contribution in [0.4, 0.5) is 17.1 Å². The molecule has 0 radical (unpaired) electrons. The van der Waals surface area contributed by atoms with E-state index in [-0.39, 0.29) is 0 Å². The van der Waals surface area contributed by atoms with E-state index in [9.17, 15) is 0 Å². The lowest BCUT2D eigenvalue weighted by atomic mass is 10.3. The molecule has 0 spiro atoms. The van der Waals surface area contributed by atoms with E-state index >= 15 is 0 Å². The highest BCUT2D eigenvalue weighted by Crippen LogP contribution is 2.22. The number of rotatable bonds is 3. The standard InChI is InChI=1S/C14H15N3/c1-17(2)14-10-6-9-13(11-14)16-15-12-7-4-3-5-8-12/h3-11H,1-2H3. The molecule has 0 saturated carbocycles. The average molecular weight is 225 g/mol. The second-order valence-electron chi connectivity index (χ2n) is 3.95. The van der Waals surface area contributed by atoms with Crippen LogP contribution in [0.5, 0.6) is 0 Å². The number of benzene rings is 2. The van der Waals surface area contributed by atoms with Crippen molar-refractivity contribution in [3.8, 4) is 0 Å². The molecule has 2 aromatic rings. The molecule has 0 aliphatic rings. The van der Waals surface area contributed by atoms with Crippen molar-refractivity contribution in [2.75, 3.05) is 19.0 Å². The average Bonchev–Trinajstić information content (AvgIpc) is 2.38. The molecule has 0 aromatic heterocycles. The molecule has 0 aliphatic heterocycles. The van der Waals surface area contributed by atoms with Gasteiger partial charge in [-0.2, -0.15) is 10.2 Å². The van der Waals surface area contributed by atoms with Gasteiger partial charge in [0.05, 0.1) is 11.4 Å². The van der Waals surface area contributed by atoms with Gasteiger partial charge in [0.2, 0.25) is 0 Å². The third kappa shape index (κ3) is 3.14. The lowest BCUT2D eigenvalue weighted by molar-refractivity contribution is 1.13. The molecule has 86 valence electrons. The highest BCUT2D eigenvalue weighted by molar-refractivity contribution is 5.54. The number of hydrogen-bond acceptors (Lipinski definition) is 3. The van der Waals surface area contributed by atoms with Crippen LogP contribution in [0.25, 0.3) is 0 Å².